The zero-order valence-corrected chi connectivity index (χ0v) is 15.6. The minimum absolute atomic E-state index is 0.127. The van der Waals surface area contributed by atoms with E-state index < -0.39 is 17.8 Å². The van der Waals surface area contributed by atoms with Crippen LogP contribution in [0.5, 0.6) is 0 Å². The number of ketones is 1. The number of amides is 1. The highest BCUT2D eigenvalue weighted by Gasteiger charge is 2.27. The standard InChI is InChI=1S/C21H25NO5/c1-3-26-20(24)19(23)13-12-17-15(2)8-7-11-18(17)22-21(25)27-14-16-9-5-4-6-10-16/h4-7,9-13,15,17-18H,3,8,14H2,1-2H3,(H,22,25)/b13-12-/t15-,17+,18+/m1/s1. The second-order valence-electron chi connectivity index (χ2n) is 6.39. The maximum Gasteiger partial charge on any atom is 0.407 e. The Morgan fingerprint density at radius 3 is 2.63 bits per heavy atom. The van der Waals surface area contributed by atoms with Gasteiger partial charge in [0.05, 0.1) is 12.6 Å². The highest BCUT2D eigenvalue weighted by Crippen LogP contribution is 2.27. The lowest BCUT2D eigenvalue weighted by Crippen LogP contribution is -2.42. The van der Waals surface area contributed by atoms with E-state index in [1.807, 2.05) is 49.4 Å². The second kappa shape index (κ2) is 10.3. The number of carbonyl (C=O) groups excluding carboxylic acids is 3. The molecule has 1 aliphatic rings. The zero-order valence-electron chi connectivity index (χ0n) is 15.6. The van der Waals surface area contributed by atoms with Gasteiger partial charge in [-0.05, 0) is 30.9 Å². The van der Waals surface area contributed by atoms with Crippen LogP contribution in [0.1, 0.15) is 25.8 Å². The Labute approximate surface area is 159 Å². The summed E-state index contributed by atoms with van der Waals surface area (Å²) in [6.07, 6.45) is 7.05. The first-order valence-electron chi connectivity index (χ1n) is 9.04. The molecule has 0 saturated heterocycles. The molecule has 0 aliphatic heterocycles. The van der Waals surface area contributed by atoms with E-state index in [1.165, 1.54) is 6.08 Å². The van der Waals surface area contributed by atoms with Crippen LogP contribution in [0.4, 0.5) is 4.79 Å². The number of hydrogen-bond donors (Lipinski definition) is 1. The molecule has 1 aromatic rings. The van der Waals surface area contributed by atoms with Gasteiger partial charge in [-0.3, -0.25) is 4.79 Å². The monoisotopic (exact) mass is 371 g/mol. The first-order valence-corrected chi connectivity index (χ1v) is 9.04. The third-order valence-corrected chi connectivity index (χ3v) is 4.37. The van der Waals surface area contributed by atoms with E-state index in [0.717, 1.165) is 12.0 Å². The maximum absolute atomic E-state index is 12.1. The Kier molecular flexibility index (Phi) is 7.79. The number of benzene rings is 1. The molecule has 1 aromatic carbocycles. The number of carbonyl (C=O) groups is 3. The molecule has 6 nitrogen and oxygen atoms in total. The zero-order chi connectivity index (χ0) is 19.6. The number of ether oxygens (including phenoxy) is 2. The van der Waals surface area contributed by atoms with Crippen LogP contribution >= 0.6 is 0 Å². The third kappa shape index (κ3) is 6.40. The summed E-state index contributed by atoms with van der Waals surface area (Å²) in [5, 5.41) is 2.82. The van der Waals surface area contributed by atoms with Crippen LogP contribution in [0, 0.1) is 11.8 Å². The Morgan fingerprint density at radius 1 is 1.19 bits per heavy atom. The van der Waals surface area contributed by atoms with Crippen molar-refractivity contribution in [3.8, 4) is 0 Å². The number of allylic oxidation sites excluding steroid dienone is 1. The molecule has 6 heteroatoms. The fourth-order valence-electron chi connectivity index (χ4n) is 2.90. The van der Waals surface area contributed by atoms with Gasteiger partial charge in [-0.1, -0.05) is 55.5 Å². The minimum atomic E-state index is -0.875. The van der Waals surface area contributed by atoms with Crippen LogP contribution in [0.25, 0.3) is 0 Å². The Bertz CT molecular complexity index is 711. The lowest BCUT2D eigenvalue weighted by atomic mass is 9.80. The molecule has 2 rings (SSSR count). The number of alkyl carbamates (subject to hydrolysis) is 1. The lowest BCUT2D eigenvalue weighted by Gasteiger charge is -2.31. The summed E-state index contributed by atoms with van der Waals surface area (Å²) in [6.45, 7) is 4.00. The molecule has 0 spiro atoms. The van der Waals surface area contributed by atoms with Crippen molar-refractivity contribution < 1.29 is 23.9 Å². The van der Waals surface area contributed by atoms with Gasteiger partial charge in [-0.25, -0.2) is 9.59 Å². The Hall–Kier alpha value is -2.89. The third-order valence-electron chi connectivity index (χ3n) is 4.37. The molecule has 3 atom stereocenters. The molecule has 144 valence electrons. The lowest BCUT2D eigenvalue weighted by molar-refractivity contribution is -0.151. The highest BCUT2D eigenvalue weighted by molar-refractivity contribution is 6.38. The average Bonchev–Trinajstić information content (AvgIpc) is 2.66. The van der Waals surface area contributed by atoms with Crippen LogP contribution in [0.2, 0.25) is 0 Å². The van der Waals surface area contributed by atoms with Gasteiger partial charge in [-0.2, -0.15) is 0 Å². The molecule has 1 aliphatic carbocycles. The fraction of sp³-hybridized carbons (Fsp3) is 0.381. The SMILES string of the molecule is CCOC(=O)C(=O)/C=C\[C@H]1[C@H](C)CC=C[C@@H]1NC(=O)OCc1ccccc1. The summed E-state index contributed by atoms with van der Waals surface area (Å²) in [5.74, 6) is -1.51. The number of esters is 1. The molecular formula is C21H25NO5. The molecule has 0 saturated carbocycles. The van der Waals surface area contributed by atoms with Gasteiger partial charge in [0.1, 0.15) is 6.61 Å². The average molecular weight is 371 g/mol. The Balaban J connectivity index is 1.95. The van der Waals surface area contributed by atoms with Crippen molar-refractivity contribution in [3.05, 3.63) is 60.2 Å². The van der Waals surface area contributed by atoms with Gasteiger partial charge in [0.15, 0.2) is 0 Å². The maximum atomic E-state index is 12.1. The second-order valence-corrected chi connectivity index (χ2v) is 6.39. The molecular weight excluding hydrogens is 346 g/mol. The van der Waals surface area contributed by atoms with E-state index in [2.05, 4.69) is 5.32 Å². The van der Waals surface area contributed by atoms with E-state index in [4.69, 9.17) is 9.47 Å². The van der Waals surface area contributed by atoms with E-state index in [-0.39, 0.29) is 31.1 Å². The van der Waals surface area contributed by atoms with Crippen LogP contribution in [-0.4, -0.2) is 30.5 Å². The highest BCUT2D eigenvalue weighted by atomic mass is 16.5. The number of rotatable bonds is 7. The van der Waals surface area contributed by atoms with Crippen molar-refractivity contribution in [2.24, 2.45) is 11.8 Å². The largest absolute Gasteiger partial charge is 0.460 e. The summed E-state index contributed by atoms with van der Waals surface area (Å²) in [6, 6.07) is 9.09. The molecule has 0 fully saturated rings. The Morgan fingerprint density at radius 2 is 1.93 bits per heavy atom. The summed E-state index contributed by atoms with van der Waals surface area (Å²) < 4.78 is 9.95. The molecule has 0 bridgehead atoms. The van der Waals surface area contributed by atoms with E-state index in [1.54, 1.807) is 13.0 Å². The molecule has 0 unspecified atom stereocenters. The predicted octanol–water partition coefficient (Wildman–Crippen LogP) is 3.18. The quantitative estimate of drug-likeness (QED) is 0.345. The van der Waals surface area contributed by atoms with Crippen molar-refractivity contribution in [1.29, 1.82) is 0 Å². The van der Waals surface area contributed by atoms with Gasteiger partial charge in [0.25, 0.3) is 5.78 Å². The van der Waals surface area contributed by atoms with Gasteiger partial charge >= 0.3 is 12.1 Å². The molecule has 0 aromatic heterocycles. The van der Waals surface area contributed by atoms with Crippen LogP contribution in [0.15, 0.2) is 54.6 Å². The topological polar surface area (TPSA) is 81.7 Å². The van der Waals surface area contributed by atoms with Crippen molar-refractivity contribution in [2.75, 3.05) is 6.61 Å². The van der Waals surface area contributed by atoms with Gasteiger partial charge in [-0.15, -0.1) is 0 Å². The van der Waals surface area contributed by atoms with Crippen molar-refractivity contribution in [3.63, 3.8) is 0 Å². The normalized spacial score (nSPS) is 21.6. The molecule has 27 heavy (non-hydrogen) atoms. The van der Waals surface area contributed by atoms with E-state index >= 15 is 0 Å². The van der Waals surface area contributed by atoms with E-state index in [0.29, 0.717) is 0 Å². The first kappa shape index (κ1) is 20.4. The van der Waals surface area contributed by atoms with Crippen LogP contribution in [-0.2, 0) is 25.7 Å². The summed E-state index contributed by atoms with van der Waals surface area (Å²) in [5.41, 5.74) is 0.900. The number of nitrogens with one attached hydrogen (secondary N) is 1. The van der Waals surface area contributed by atoms with Gasteiger partial charge in [0.2, 0.25) is 0 Å². The number of hydrogen-bond acceptors (Lipinski definition) is 5. The van der Waals surface area contributed by atoms with Crippen LogP contribution < -0.4 is 5.32 Å². The van der Waals surface area contributed by atoms with Crippen molar-refractivity contribution in [2.45, 2.75) is 32.9 Å². The smallest absolute Gasteiger partial charge is 0.407 e. The predicted molar refractivity (Wildman–Crippen MR) is 101 cm³/mol. The summed E-state index contributed by atoms with van der Waals surface area (Å²) in [7, 11) is 0. The summed E-state index contributed by atoms with van der Waals surface area (Å²) in [4.78, 5) is 35.4. The molecule has 0 heterocycles. The van der Waals surface area contributed by atoms with E-state index in [9.17, 15) is 14.4 Å². The molecule has 1 amide bonds. The minimum Gasteiger partial charge on any atom is -0.460 e. The molecule has 0 radical (unpaired) electrons. The first-order chi connectivity index (χ1) is 13.0. The van der Waals surface area contributed by atoms with Gasteiger partial charge in [0, 0.05) is 5.92 Å². The van der Waals surface area contributed by atoms with Crippen molar-refractivity contribution >= 4 is 17.8 Å². The fourth-order valence-corrected chi connectivity index (χ4v) is 2.90. The molecule has 1 N–H and O–H groups in total. The van der Waals surface area contributed by atoms with Gasteiger partial charge < -0.3 is 14.8 Å². The van der Waals surface area contributed by atoms with Crippen molar-refractivity contribution in [1.82, 2.24) is 5.32 Å². The summed E-state index contributed by atoms with van der Waals surface area (Å²) >= 11 is 0. The van der Waals surface area contributed by atoms with Crippen LogP contribution in [0.3, 0.4) is 0 Å².